The highest BCUT2D eigenvalue weighted by Gasteiger charge is 2.45. The van der Waals surface area contributed by atoms with E-state index in [1.807, 2.05) is 56.3 Å². The summed E-state index contributed by atoms with van der Waals surface area (Å²) in [6.45, 7) is 2.10. The molecule has 1 unspecified atom stereocenters. The molecule has 3 aromatic carbocycles. The fourth-order valence-corrected chi connectivity index (χ4v) is 5.32. The molecule has 0 aliphatic carbocycles. The molecule has 0 bridgehead atoms. The molecule has 3 aromatic rings. The minimum Gasteiger partial charge on any atom is -0.458 e. The summed E-state index contributed by atoms with van der Waals surface area (Å²) in [5.41, 5.74) is 1.53. The maximum Gasteiger partial charge on any atom is 0.501 e. The first kappa shape index (κ1) is 37.8. The van der Waals surface area contributed by atoms with E-state index in [2.05, 4.69) is 0 Å². The van der Waals surface area contributed by atoms with Crippen LogP contribution in [0.15, 0.2) is 78.9 Å². The Morgan fingerprint density at radius 3 is 2.16 bits per heavy atom. The lowest BCUT2D eigenvalue weighted by Crippen LogP contribution is -2.60. The van der Waals surface area contributed by atoms with E-state index in [9.17, 15) is 33.6 Å². The molecular formula is C33H42N2O13S. The smallest absolute Gasteiger partial charge is 0.458 e. The van der Waals surface area contributed by atoms with Gasteiger partial charge in [-0.05, 0) is 56.4 Å². The number of hydrogen-bond donors (Lipinski definition) is 4. The van der Waals surface area contributed by atoms with Crippen LogP contribution >= 0.6 is 0 Å². The highest BCUT2D eigenvalue weighted by molar-refractivity contribution is 7.82. The molecule has 16 heteroatoms. The fraction of sp³-hybridized carbons (Fsp3) is 0.424. The van der Waals surface area contributed by atoms with E-state index < -0.39 is 53.8 Å². The molecule has 1 aliphatic heterocycles. The minimum absolute atomic E-state index is 0.0179. The standard InChI is InChI=1S/C33H42N2O13S/c1-22(24-9-5-4-6-10-24)44-21-35(18-17-34(2)3)33(40)43-20-23-13-15-25(16-14-23)47-49(41,42)48-27-12-8-7-11-26(27)45-32-31(39)30(38)29(37)28(19-36)46-32/h4-16,22,28-32,36-39H,17-21H2,1-3H3/t22?,28-,29+,30+,31-,32-/m1/s1. The Kier molecular flexibility index (Phi) is 13.6. The fourth-order valence-electron chi connectivity index (χ4n) is 4.58. The van der Waals surface area contributed by atoms with Gasteiger partial charge in [-0.1, -0.05) is 54.6 Å². The maximum absolute atomic E-state index is 13.0. The highest BCUT2D eigenvalue weighted by atomic mass is 32.3. The zero-order valence-electron chi connectivity index (χ0n) is 27.3. The zero-order valence-corrected chi connectivity index (χ0v) is 28.1. The van der Waals surface area contributed by atoms with Crippen LogP contribution in [0.1, 0.15) is 24.2 Å². The van der Waals surface area contributed by atoms with Gasteiger partial charge in [0.1, 0.15) is 43.5 Å². The van der Waals surface area contributed by atoms with E-state index in [-0.39, 0.29) is 36.7 Å². The van der Waals surface area contributed by atoms with Gasteiger partial charge < -0.3 is 52.6 Å². The molecule has 1 aliphatic rings. The molecule has 1 heterocycles. The maximum atomic E-state index is 13.0. The van der Waals surface area contributed by atoms with Crippen molar-refractivity contribution in [3.8, 4) is 17.2 Å². The Labute approximate surface area is 285 Å². The lowest BCUT2D eigenvalue weighted by molar-refractivity contribution is -0.277. The van der Waals surface area contributed by atoms with Crippen molar-refractivity contribution in [3.63, 3.8) is 0 Å². The molecule has 0 aromatic heterocycles. The van der Waals surface area contributed by atoms with Crippen molar-refractivity contribution >= 4 is 16.5 Å². The Balaban J connectivity index is 1.32. The summed E-state index contributed by atoms with van der Waals surface area (Å²) >= 11 is 0. The molecule has 1 fully saturated rings. The van der Waals surface area contributed by atoms with Gasteiger partial charge >= 0.3 is 16.5 Å². The normalized spacial score (nSPS) is 21.5. The Morgan fingerprint density at radius 2 is 1.51 bits per heavy atom. The van der Waals surface area contributed by atoms with Gasteiger partial charge in [-0.2, -0.15) is 0 Å². The molecule has 1 amide bonds. The summed E-state index contributed by atoms with van der Waals surface area (Å²) in [4.78, 5) is 16.3. The largest absolute Gasteiger partial charge is 0.501 e. The van der Waals surface area contributed by atoms with Crippen LogP contribution in [0, 0.1) is 0 Å². The van der Waals surface area contributed by atoms with Crippen LogP contribution in [0.4, 0.5) is 4.79 Å². The van der Waals surface area contributed by atoms with Crippen molar-refractivity contribution < 1.29 is 61.0 Å². The predicted molar refractivity (Wildman–Crippen MR) is 174 cm³/mol. The molecule has 4 rings (SSSR count). The quantitative estimate of drug-likeness (QED) is 0.158. The summed E-state index contributed by atoms with van der Waals surface area (Å²) in [7, 11) is -0.936. The second-order valence-corrected chi connectivity index (χ2v) is 12.6. The highest BCUT2D eigenvalue weighted by Crippen LogP contribution is 2.32. The van der Waals surface area contributed by atoms with Crippen molar-refractivity contribution in [1.82, 2.24) is 9.80 Å². The molecule has 6 atom stereocenters. The second kappa shape index (κ2) is 17.6. The number of aliphatic hydroxyl groups is 4. The van der Waals surface area contributed by atoms with Gasteiger partial charge in [0, 0.05) is 13.1 Å². The lowest BCUT2D eigenvalue weighted by atomic mass is 9.99. The van der Waals surface area contributed by atoms with Crippen molar-refractivity contribution in [2.24, 2.45) is 0 Å². The summed E-state index contributed by atoms with van der Waals surface area (Å²) < 4.78 is 58.0. The Bertz CT molecular complexity index is 1570. The molecule has 1 saturated heterocycles. The van der Waals surface area contributed by atoms with Gasteiger partial charge in [0.25, 0.3) is 0 Å². The third kappa shape index (κ3) is 11.0. The first-order valence-corrected chi connectivity index (χ1v) is 16.7. The summed E-state index contributed by atoms with van der Waals surface area (Å²) in [6, 6.07) is 20.9. The van der Waals surface area contributed by atoms with E-state index in [4.69, 9.17) is 27.3 Å². The van der Waals surface area contributed by atoms with Crippen LogP contribution in [0.3, 0.4) is 0 Å². The van der Waals surface area contributed by atoms with E-state index >= 15 is 0 Å². The Morgan fingerprint density at radius 1 is 0.857 bits per heavy atom. The van der Waals surface area contributed by atoms with Gasteiger partial charge in [-0.15, -0.1) is 8.42 Å². The van der Waals surface area contributed by atoms with Gasteiger partial charge in [0.05, 0.1) is 12.7 Å². The van der Waals surface area contributed by atoms with Crippen molar-refractivity contribution in [2.75, 3.05) is 40.5 Å². The van der Waals surface area contributed by atoms with Crippen LogP contribution in [0.5, 0.6) is 17.2 Å². The molecular weight excluding hydrogens is 664 g/mol. The lowest BCUT2D eigenvalue weighted by Gasteiger charge is -2.39. The first-order chi connectivity index (χ1) is 23.4. The van der Waals surface area contributed by atoms with E-state index in [0.717, 1.165) is 5.56 Å². The number of amides is 1. The average Bonchev–Trinajstić information content (AvgIpc) is 3.08. The van der Waals surface area contributed by atoms with E-state index in [1.165, 1.54) is 53.4 Å². The average molecular weight is 707 g/mol. The van der Waals surface area contributed by atoms with Crippen LogP contribution in [0.25, 0.3) is 0 Å². The summed E-state index contributed by atoms with van der Waals surface area (Å²) in [6.07, 6.45) is -8.66. The third-order valence-corrected chi connectivity index (χ3v) is 8.22. The minimum atomic E-state index is -4.72. The van der Waals surface area contributed by atoms with E-state index in [1.54, 1.807) is 0 Å². The third-order valence-electron chi connectivity index (χ3n) is 7.44. The van der Waals surface area contributed by atoms with Crippen LogP contribution in [-0.4, -0.2) is 116 Å². The molecule has 49 heavy (non-hydrogen) atoms. The zero-order chi connectivity index (χ0) is 35.6. The van der Waals surface area contributed by atoms with Crippen molar-refractivity contribution in [2.45, 2.75) is 50.3 Å². The first-order valence-electron chi connectivity index (χ1n) is 15.4. The van der Waals surface area contributed by atoms with Crippen LogP contribution in [-0.2, 0) is 31.2 Å². The monoisotopic (exact) mass is 706 g/mol. The number of likely N-dealkylation sites (N-methyl/N-ethyl adjacent to an activating group) is 1. The number of nitrogens with zero attached hydrogens (tertiary/aromatic N) is 2. The topological polar surface area (TPSA) is 194 Å². The van der Waals surface area contributed by atoms with Gasteiger partial charge in [0.15, 0.2) is 11.5 Å². The number of para-hydroxylation sites is 2. The number of ether oxygens (including phenoxy) is 4. The Hall–Kier alpha value is -4.00. The number of carbonyl (C=O) groups excluding carboxylic acids is 1. The molecule has 0 radical (unpaired) electrons. The number of carbonyl (C=O) groups is 1. The van der Waals surface area contributed by atoms with Crippen molar-refractivity contribution in [1.29, 1.82) is 0 Å². The van der Waals surface area contributed by atoms with Crippen molar-refractivity contribution in [3.05, 3.63) is 90.0 Å². The number of benzene rings is 3. The van der Waals surface area contributed by atoms with Crippen LogP contribution in [0.2, 0.25) is 0 Å². The number of aliphatic hydroxyl groups excluding tert-OH is 4. The van der Waals surface area contributed by atoms with E-state index in [0.29, 0.717) is 18.7 Å². The van der Waals surface area contributed by atoms with Gasteiger partial charge in [0.2, 0.25) is 6.29 Å². The SMILES string of the molecule is CC(OCN(CCN(C)C)C(=O)OCc1ccc(OS(=O)(=O)Oc2ccccc2O[C@@H]2O[C@H](CO)[C@H](O)[C@H](O)[C@H]2O)cc1)c1ccccc1. The summed E-state index contributed by atoms with van der Waals surface area (Å²) in [5, 5.41) is 39.7. The number of rotatable bonds is 16. The molecule has 268 valence electrons. The second-order valence-electron chi connectivity index (χ2n) is 11.5. The van der Waals surface area contributed by atoms with Crippen LogP contribution < -0.4 is 13.1 Å². The summed E-state index contributed by atoms with van der Waals surface area (Å²) in [5.74, 6) is -0.627. The van der Waals surface area contributed by atoms with Gasteiger partial charge in [-0.25, -0.2) is 4.79 Å². The molecule has 15 nitrogen and oxygen atoms in total. The van der Waals surface area contributed by atoms with Gasteiger partial charge in [-0.3, -0.25) is 4.90 Å². The predicted octanol–water partition coefficient (Wildman–Crippen LogP) is 1.80. The molecule has 0 saturated carbocycles. The molecule has 4 N–H and O–H groups in total. The number of hydrogen-bond acceptors (Lipinski definition) is 14. The molecule has 0 spiro atoms.